The van der Waals surface area contributed by atoms with E-state index >= 15 is 0 Å². The van der Waals surface area contributed by atoms with Gasteiger partial charge in [-0.3, -0.25) is 14.5 Å². The van der Waals surface area contributed by atoms with Crippen molar-refractivity contribution in [2.45, 2.75) is 59.3 Å². The van der Waals surface area contributed by atoms with Gasteiger partial charge in [0.2, 0.25) is 0 Å². The van der Waals surface area contributed by atoms with Crippen molar-refractivity contribution in [1.82, 2.24) is 15.0 Å². The zero-order chi connectivity index (χ0) is 17.5. The SMILES string of the molecule is CCCCONc1nc(NOCCCC)nc(NOCCCC)n1. The Kier molecular flexibility index (Phi) is 11.6. The molecule has 0 saturated carbocycles. The minimum Gasteiger partial charge on any atom is -0.273 e. The molecule has 0 aliphatic carbocycles. The first kappa shape index (κ1) is 20.3. The molecule has 9 heteroatoms. The van der Waals surface area contributed by atoms with Gasteiger partial charge in [0.05, 0.1) is 19.8 Å². The summed E-state index contributed by atoms with van der Waals surface area (Å²) in [6.45, 7) is 8.02. The number of aromatic nitrogens is 3. The summed E-state index contributed by atoms with van der Waals surface area (Å²) in [4.78, 5) is 28.5. The van der Waals surface area contributed by atoms with Crippen molar-refractivity contribution in [2.24, 2.45) is 0 Å². The van der Waals surface area contributed by atoms with Gasteiger partial charge in [0.25, 0.3) is 17.8 Å². The number of rotatable bonds is 15. The van der Waals surface area contributed by atoms with E-state index in [0.717, 1.165) is 38.5 Å². The van der Waals surface area contributed by atoms with Gasteiger partial charge < -0.3 is 0 Å². The molecule has 24 heavy (non-hydrogen) atoms. The molecular weight excluding hydrogens is 312 g/mol. The van der Waals surface area contributed by atoms with Gasteiger partial charge in [0, 0.05) is 0 Å². The van der Waals surface area contributed by atoms with Crippen molar-refractivity contribution >= 4 is 17.8 Å². The molecule has 1 rings (SSSR count). The lowest BCUT2D eigenvalue weighted by atomic mass is 10.4. The molecule has 0 spiro atoms. The minimum atomic E-state index is 0.282. The van der Waals surface area contributed by atoms with Crippen LogP contribution in [0.5, 0.6) is 0 Å². The molecule has 1 aromatic heterocycles. The van der Waals surface area contributed by atoms with Crippen molar-refractivity contribution in [3.63, 3.8) is 0 Å². The Bertz CT molecular complexity index is 361. The van der Waals surface area contributed by atoms with Gasteiger partial charge in [-0.2, -0.15) is 15.0 Å². The molecule has 0 fully saturated rings. The van der Waals surface area contributed by atoms with Crippen LogP contribution in [0.3, 0.4) is 0 Å². The maximum atomic E-state index is 5.32. The van der Waals surface area contributed by atoms with Gasteiger partial charge in [0.15, 0.2) is 0 Å². The largest absolute Gasteiger partial charge is 0.273 e. The Morgan fingerprint density at radius 3 is 1.12 bits per heavy atom. The Morgan fingerprint density at radius 2 is 0.875 bits per heavy atom. The second-order valence-electron chi connectivity index (χ2n) is 5.22. The van der Waals surface area contributed by atoms with E-state index < -0.39 is 0 Å². The minimum absolute atomic E-state index is 0.282. The maximum absolute atomic E-state index is 5.32. The first-order chi connectivity index (χ1) is 11.8. The Morgan fingerprint density at radius 1 is 0.583 bits per heavy atom. The van der Waals surface area contributed by atoms with Crippen LogP contribution in [0.25, 0.3) is 0 Å². The summed E-state index contributed by atoms with van der Waals surface area (Å²) in [7, 11) is 0. The number of hydrogen-bond acceptors (Lipinski definition) is 9. The first-order valence-electron chi connectivity index (χ1n) is 8.69. The molecule has 3 N–H and O–H groups in total. The van der Waals surface area contributed by atoms with Crippen molar-refractivity contribution in [3.05, 3.63) is 0 Å². The third kappa shape index (κ3) is 9.43. The van der Waals surface area contributed by atoms with Crippen LogP contribution in [0.2, 0.25) is 0 Å². The highest BCUT2D eigenvalue weighted by molar-refractivity contribution is 5.39. The van der Waals surface area contributed by atoms with Crippen molar-refractivity contribution in [1.29, 1.82) is 0 Å². The average Bonchev–Trinajstić information content (AvgIpc) is 2.59. The van der Waals surface area contributed by atoms with E-state index in [1.807, 2.05) is 0 Å². The van der Waals surface area contributed by atoms with E-state index in [0.29, 0.717) is 19.8 Å². The molecule has 0 atom stereocenters. The number of hydrogen-bond donors (Lipinski definition) is 3. The second-order valence-corrected chi connectivity index (χ2v) is 5.22. The summed E-state index contributed by atoms with van der Waals surface area (Å²) < 4.78 is 0. The predicted molar refractivity (Wildman–Crippen MR) is 93.3 cm³/mol. The predicted octanol–water partition coefficient (Wildman–Crippen LogP) is 3.30. The summed E-state index contributed by atoms with van der Waals surface area (Å²) in [5, 5.41) is 0. The molecule has 0 radical (unpaired) electrons. The van der Waals surface area contributed by atoms with Crippen LogP contribution in [0.1, 0.15) is 59.3 Å². The van der Waals surface area contributed by atoms with Gasteiger partial charge >= 0.3 is 0 Å². The standard InChI is InChI=1S/C15H30N6O3/c1-4-7-10-22-19-13-16-14(20-23-11-8-5-2)18-15(17-13)21-24-12-9-6-3/h4-12H2,1-3H3,(H3,16,17,18,19,20,21). The van der Waals surface area contributed by atoms with Crippen molar-refractivity contribution in [3.8, 4) is 0 Å². The molecule has 0 aliphatic rings. The fourth-order valence-corrected chi connectivity index (χ4v) is 1.51. The molecule has 1 heterocycles. The summed E-state index contributed by atoms with van der Waals surface area (Å²) in [6.07, 6.45) is 6.01. The topological polar surface area (TPSA) is 102 Å². The number of anilines is 3. The summed E-state index contributed by atoms with van der Waals surface area (Å²) in [5.41, 5.74) is 8.13. The summed E-state index contributed by atoms with van der Waals surface area (Å²) in [6, 6.07) is 0. The second kappa shape index (κ2) is 13.7. The van der Waals surface area contributed by atoms with Gasteiger partial charge in [-0.05, 0) is 19.3 Å². The highest BCUT2D eigenvalue weighted by Crippen LogP contribution is 2.10. The Balaban J connectivity index is 2.58. The van der Waals surface area contributed by atoms with E-state index in [2.05, 4.69) is 52.2 Å². The van der Waals surface area contributed by atoms with Crippen LogP contribution in [-0.4, -0.2) is 34.8 Å². The number of nitrogens with one attached hydrogen (secondary N) is 3. The summed E-state index contributed by atoms with van der Waals surface area (Å²) in [5.74, 6) is 0.845. The van der Waals surface area contributed by atoms with E-state index in [-0.39, 0.29) is 17.8 Å². The Hall–Kier alpha value is -1.71. The number of nitrogens with zero attached hydrogens (tertiary/aromatic N) is 3. The van der Waals surface area contributed by atoms with Crippen LogP contribution < -0.4 is 16.4 Å². The highest BCUT2D eigenvalue weighted by atomic mass is 16.7. The monoisotopic (exact) mass is 342 g/mol. The van der Waals surface area contributed by atoms with E-state index in [1.165, 1.54) is 0 Å². The zero-order valence-electron chi connectivity index (χ0n) is 14.9. The first-order valence-corrected chi connectivity index (χ1v) is 8.69. The lowest BCUT2D eigenvalue weighted by Crippen LogP contribution is -2.14. The van der Waals surface area contributed by atoms with Gasteiger partial charge in [0.1, 0.15) is 0 Å². The lowest BCUT2D eigenvalue weighted by Gasteiger charge is -2.11. The van der Waals surface area contributed by atoms with Crippen LogP contribution in [-0.2, 0) is 14.5 Å². The molecule has 0 saturated heterocycles. The average molecular weight is 342 g/mol. The fraction of sp³-hybridized carbons (Fsp3) is 0.800. The fourth-order valence-electron chi connectivity index (χ4n) is 1.51. The lowest BCUT2D eigenvalue weighted by molar-refractivity contribution is 0.179. The third-order valence-electron chi connectivity index (χ3n) is 2.93. The summed E-state index contributed by atoms with van der Waals surface area (Å²) >= 11 is 0. The van der Waals surface area contributed by atoms with Gasteiger partial charge in [-0.15, -0.1) is 0 Å². The van der Waals surface area contributed by atoms with E-state index in [4.69, 9.17) is 14.5 Å². The highest BCUT2D eigenvalue weighted by Gasteiger charge is 2.07. The Labute approximate surface area is 143 Å². The zero-order valence-corrected chi connectivity index (χ0v) is 14.9. The smallest absolute Gasteiger partial charge is 0.253 e. The van der Waals surface area contributed by atoms with Gasteiger partial charge in [-0.1, -0.05) is 40.0 Å². The molecular formula is C15H30N6O3. The molecule has 0 bridgehead atoms. The molecule has 0 amide bonds. The molecule has 0 aliphatic heterocycles. The molecule has 0 aromatic carbocycles. The normalized spacial score (nSPS) is 10.6. The molecule has 0 unspecified atom stereocenters. The molecule has 9 nitrogen and oxygen atoms in total. The van der Waals surface area contributed by atoms with E-state index in [1.54, 1.807) is 0 Å². The van der Waals surface area contributed by atoms with Crippen LogP contribution >= 0.6 is 0 Å². The maximum Gasteiger partial charge on any atom is 0.253 e. The third-order valence-corrected chi connectivity index (χ3v) is 2.93. The van der Waals surface area contributed by atoms with Crippen molar-refractivity contribution < 1.29 is 14.5 Å². The van der Waals surface area contributed by atoms with Crippen molar-refractivity contribution in [2.75, 3.05) is 36.3 Å². The molecule has 1 aromatic rings. The van der Waals surface area contributed by atoms with Crippen LogP contribution in [0, 0.1) is 0 Å². The van der Waals surface area contributed by atoms with Crippen LogP contribution in [0.15, 0.2) is 0 Å². The molecule has 138 valence electrons. The number of unbranched alkanes of at least 4 members (excludes halogenated alkanes) is 3. The van der Waals surface area contributed by atoms with Gasteiger partial charge in [-0.25, -0.2) is 16.4 Å². The quantitative estimate of drug-likeness (QED) is 0.327. The van der Waals surface area contributed by atoms with Crippen LogP contribution in [0.4, 0.5) is 17.8 Å². The van der Waals surface area contributed by atoms with E-state index in [9.17, 15) is 0 Å².